The van der Waals surface area contributed by atoms with Crippen molar-refractivity contribution in [3.05, 3.63) is 72.1 Å². The van der Waals surface area contributed by atoms with E-state index in [4.69, 9.17) is 0 Å². The van der Waals surface area contributed by atoms with E-state index in [0.29, 0.717) is 33.3 Å². The lowest BCUT2D eigenvalue weighted by atomic mass is 10.1. The van der Waals surface area contributed by atoms with Crippen molar-refractivity contribution in [3.8, 4) is 11.3 Å². The SMILES string of the molecule is C[C@H](NC(=O)c1cnc(-c2ccc(F)cc2)c2[nH]ncc12)c1cncc(S(C)(=O)=O)c1. The van der Waals surface area contributed by atoms with Crippen LogP contribution >= 0.6 is 0 Å². The first-order valence-electron chi connectivity index (χ1n) is 9.28. The summed E-state index contributed by atoms with van der Waals surface area (Å²) in [4.78, 5) is 21.4. The van der Waals surface area contributed by atoms with Gasteiger partial charge < -0.3 is 5.32 Å². The smallest absolute Gasteiger partial charge is 0.254 e. The van der Waals surface area contributed by atoms with Crippen molar-refractivity contribution in [3.63, 3.8) is 0 Å². The minimum Gasteiger partial charge on any atom is -0.345 e. The number of amides is 1. The molecule has 0 spiro atoms. The van der Waals surface area contributed by atoms with Gasteiger partial charge in [0.15, 0.2) is 9.84 Å². The molecule has 2 N–H and O–H groups in total. The van der Waals surface area contributed by atoms with Crippen molar-refractivity contribution in [2.24, 2.45) is 0 Å². The van der Waals surface area contributed by atoms with E-state index in [1.807, 2.05) is 0 Å². The fourth-order valence-corrected chi connectivity index (χ4v) is 3.78. The molecule has 3 heterocycles. The van der Waals surface area contributed by atoms with E-state index in [1.54, 1.807) is 19.1 Å². The Morgan fingerprint density at radius 1 is 1.13 bits per heavy atom. The Balaban J connectivity index is 1.64. The lowest BCUT2D eigenvalue weighted by Crippen LogP contribution is -2.27. The van der Waals surface area contributed by atoms with E-state index >= 15 is 0 Å². The van der Waals surface area contributed by atoms with Gasteiger partial charge in [-0.15, -0.1) is 0 Å². The normalized spacial score (nSPS) is 12.6. The molecule has 0 saturated carbocycles. The third kappa shape index (κ3) is 4.15. The van der Waals surface area contributed by atoms with Gasteiger partial charge in [-0.25, -0.2) is 12.8 Å². The second kappa shape index (κ2) is 7.88. The maximum absolute atomic E-state index is 13.2. The number of nitrogens with one attached hydrogen (secondary N) is 2. The molecule has 0 fully saturated rings. The molecule has 0 aliphatic rings. The zero-order chi connectivity index (χ0) is 22.2. The van der Waals surface area contributed by atoms with Crippen LogP contribution in [-0.2, 0) is 9.84 Å². The molecule has 8 nitrogen and oxygen atoms in total. The van der Waals surface area contributed by atoms with E-state index in [-0.39, 0.29) is 10.7 Å². The highest BCUT2D eigenvalue weighted by Gasteiger charge is 2.19. The van der Waals surface area contributed by atoms with Gasteiger partial charge in [0.05, 0.1) is 33.9 Å². The summed E-state index contributed by atoms with van der Waals surface area (Å²) in [5.41, 5.74) is 2.62. The van der Waals surface area contributed by atoms with Crippen LogP contribution in [0.1, 0.15) is 28.9 Å². The van der Waals surface area contributed by atoms with Crippen LogP contribution in [0, 0.1) is 5.82 Å². The van der Waals surface area contributed by atoms with Gasteiger partial charge in [0.25, 0.3) is 5.91 Å². The number of aromatic amines is 1. The van der Waals surface area contributed by atoms with Crippen LogP contribution in [0.5, 0.6) is 0 Å². The highest BCUT2D eigenvalue weighted by molar-refractivity contribution is 7.90. The number of sulfone groups is 1. The predicted octanol–water partition coefficient (Wildman–Crippen LogP) is 3.05. The number of rotatable bonds is 5. The average Bonchev–Trinajstić information content (AvgIpc) is 3.23. The molecule has 0 aliphatic carbocycles. The van der Waals surface area contributed by atoms with E-state index in [0.717, 1.165) is 6.26 Å². The summed E-state index contributed by atoms with van der Waals surface area (Å²) in [5.74, 6) is -0.758. The first-order valence-corrected chi connectivity index (χ1v) is 11.2. The second-order valence-electron chi connectivity index (χ2n) is 7.11. The fourth-order valence-electron chi connectivity index (χ4n) is 3.17. The highest BCUT2D eigenvalue weighted by Crippen LogP contribution is 2.27. The van der Waals surface area contributed by atoms with Crippen LogP contribution in [0.25, 0.3) is 22.2 Å². The summed E-state index contributed by atoms with van der Waals surface area (Å²) < 4.78 is 36.8. The average molecular weight is 439 g/mol. The lowest BCUT2D eigenvalue weighted by molar-refractivity contribution is 0.0941. The molecule has 0 saturated heterocycles. The van der Waals surface area contributed by atoms with Crippen molar-refractivity contribution >= 4 is 26.6 Å². The number of carbonyl (C=O) groups excluding carboxylic acids is 1. The Morgan fingerprint density at radius 2 is 1.87 bits per heavy atom. The van der Waals surface area contributed by atoms with Gasteiger partial charge in [0, 0.05) is 35.8 Å². The Labute approximate surface area is 177 Å². The largest absolute Gasteiger partial charge is 0.345 e. The van der Waals surface area contributed by atoms with Crippen molar-refractivity contribution in [1.29, 1.82) is 0 Å². The zero-order valence-corrected chi connectivity index (χ0v) is 17.4. The third-order valence-electron chi connectivity index (χ3n) is 4.86. The molecule has 0 bridgehead atoms. The number of fused-ring (bicyclic) bond motifs is 1. The topological polar surface area (TPSA) is 118 Å². The zero-order valence-electron chi connectivity index (χ0n) is 16.6. The molecular weight excluding hydrogens is 421 g/mol. The number of hydrogen-bond donors (Lipinski definition) is 2. The Bertz CT molecular complexity index is 1380. The summed E-state index contributed by atoms with van der Waals surface area (Å²) in [6.07, 6.45) is 6.82. The van der Waals surface area contributed by atoms with Crippen molar-refractivity contribution in [2.45, 2.75) is 17.9 Å². The minimum absolute atomic E-state index is 0.0774. The molecule has 31 heavy (non-hydrogen) atoms. The van der Waals surface area contributed by atoms with E-state index in [2.05, 4.69) is 25.5 Å². The number of benzene rings is 1. The maximum atomic E-state index is 13.2. The summed E-state index contributed by atoms with van der Waals surface area (Å²) >= 11 is 0. The molecule has 1 aromatic carbocycles. The molecule has 4 aromatic rings. The van der Waals surface area contributed by atoms with Gasteiger partial charge in [-0.1, -0.05) is 0 Å². The van der Waals surface area contributed by atoms with E-state index < -0.39 is 21.8 Å². The standard InChI is InChI=1S/C21H18FN5O3S/c1-12(14-7-16(9-23-8-14)31(2,29)30)26-21(28)18-10-24-19(20-17(18)11-25-27-20)13-3-5-15(22)6-4-13/h3-12H,1-2H3,(H,25,27)(H,26,28)/t12-/m0/s1. The van der Waals surface area contributed by atoms with Gasteiger partial charge in [-0.3, -0.25) is 19.9 Å². The van der Waals surface area contributed by atoms with E-state index in [1.165, 1.54) is 43.0 Å². The summed E-state index contributed by atoms with van der Waals surface area (Å²) in [5, 5.41) is 10.3. The molecule has 158 valence electrons. The molecule has 0 radical (unpaired) electrons. The minimum atomic E-state index is -3.42. The maximum Gasteiger partial charge on any atom is 0.254 e. The Kier molecular flexibility index (Phi) is 5.24. The van der Waals surface area contributed by atoms with Crippen molar-refractivity contribution in [2.75, 3.05) is 6.26 Å². The van der Waals surface area contributed by atoms with Crippen molar-refractivity contribution in [1.82, 2.24) is 25.5 Å². The van der Waals surface area contributed by atoms with Gasteiger partial charge in [0.1, 0.15) is 5.82 Å². The Hall–Kier alpha value is -3.66. The summed E-state index contributed by atoms with van der Waals surface area (Å²) in [6.45, 7) is 1.73. The lowest BCUT2D eigenvalue weighted by Gasteiger charge is -2.15. The number of pyridine rings is 2. The number of aromatic nitrogens is 4. The number of hydrogen-bond acceptors (Lipinski definition) is 6. The molecule has 0 unspecified atom stereocenters. The van der Waals surface area contributed by atoms with Crippen LogP contribution < -0.4 is 5.32 Å². The molecule has 1 amide bonds. The summed E-state index contributed by atoms with van der Waals surface area (Å²) in [6, 6.07) is 6.85. The highest BCUT2D eigenvalue weighted by atomic mass is 32.2. The van der Waals surface area contributed by atoms with Crippen LogP contribution in [0.2, 0.25) is 0 Å². The second-order valence-corrected chi connectivity index (χ2v) is 9.12. The van der Waals surface area contributed by atoms with Crippen LogP contribution in [0.15, 0.2) is 60.0 Å². The molecule has 3 aromatic heterocycles. The Morgan fingerprint density at radius 3 is 2.58 bits per heavy atom. The van der Waals surface area contributed by atoms with Gasteiger partial charge in [-0.05, 0) is 42.8 Å². The van der Waals surface area contributed by atoms with Crippen LogP contribution in [0.4, 0.5) is 4.39 Å². The first kappa shape index (κ1) is 20.6. The number of H-pyrrole nitrogens is 1. The first-order chi connectivity index (χ1) is 14.7. The number of halogens is 1. The fraction of sp³-hybridized carbons (Fsp3) is 0.143. The van der Waals surface area contributed by atoms with Gasteiger partial charge >= 0.3 is 0 Å². The number of carbonyl (C=O) groups is 1. The quantitative estimate of drug-likeness (QED) is 0.494. The molecule has 0 aliphatic heterocycles. The van der Waals surface area contributed by atoms with Gasteiger partial charge in [-0.2, -0.15) is 5.10 Å². The summed E-state index contributed by atoms with van der Waals surface area (Å²) in [7, 11) is -3.42. The van der Waals surface area contributed by atoms with Gasteiger partial charge in [0.2, 0.25) is 0 Å². The molecule has 4 rings (SSSR count). The van der Waals surface area contributed by atoms with Crippen molar-refractivity contribution < 1.29 is 17.6 Å². The van der Waals surface area contributed by atoms with E-state index in [9.17, 15) is 17.6 Å². The number of nitrogens with zero attached hydrogens (tertiary/aromatic N) is 3. The molecule has 10 heteroatoms. The third-order valence-corrected chi connectivity index (χ3v) is 5.94. The predicted molar refractivity (Wildman–Crippen MR) is 113 cm³/mol. The van der Waals surface area contributed by atoms with Crippen LogP contribution in [0.3, 0.4) is 0 Å². The molecule has 1 atom stereocenters. The van der Waals surface area contributed by atoms with Crippen LogP contribution in [-0.4, -0.2) is 40.7 Å². The monoisotopic (exact) mass is 439 g/mol. The molecular formula is C21H18FN5O3S.